The molecule has 0 unspecified atom stereocenters. The number of hydrogen-bond donors (Lipinski definition) is 0. The van der Waals surface area contributed by atoms with Crippen molar-refractivity contribution in [2.75, 3.05) is 0 Å². The highest BCUT2D eigenvalue weighted by atomic mass is 32.2. The number of nitriles is 1. The predicted molar refractivity (Wildman–Crippen MR) is 105 cm³/mol. The Morgan fingerprint density at radius 2 is 1.82 bits per heavy atom. The van der Waals surface area contributed by atoms with E-state index in [2.05, 4.69) is 21.3 Å². The van der Waals surface area contributed by atoms with Crippen LogP contribution in [0.5, 0.6) is 0 Å². The molecule has 0 atom stereocenters. The summed E-state index contributed by atoms with van der Waals surface area (Å²) in [6.07, 6.45) is 3.35. The Morgan fingerprint density at radius 1 is 1.00 bits per heavy atom. The van der Waals surface area contributed by atoms with Crippen LogP contribution in [-0.2, 0) is 5.75 Å². The summed E-state index contributed by atoms with van der Waals surface area (Å²) in [6, 6.07) is 19.7. The molecule has 0 radical (unpaired) electrons. The normalized spacial score (nSPS) is 10.6. The van der Waals surface area contributed by atoms with Crippen LogP contribution in [0.15, 0.2) is 78.2 Å². The SMILES string of the molecule is N#Cc1ccc(CSc2nnc(-c3cccnc3)n2-c2ccccc2F)cc1. The third-order valence-electron chi connectivity index (χ3n) is 4.10. The van der Waals surface area contributed by atoms with E-state index in [0.717, 1.165) is 11.1 Å². The lowest BCUT2D eigenvalue weighted by molar-refractivity contribution is 0.613. The minimum absolute atomic E-state index is 0.354. The second-order valence-corrected chi connectivity index (χ2v) is 6.87. The third-order valence-corrected chi connectivity index (χ3v) is 5.10. The predicted octanol–water partition coefficient (Wildman–Crippen LogP) is 4.63. The minimum Gasteiger partial charge on any atom is -0.267 e. The molecule has 2 heterocycles. The molecule has 0 aliphatic heterocycles. The van der Waals surface area contributed by atoms with Crippen LogP contribution < -0.4 is 0 Å². The van der Waals surface area contributed by atoms with Gasteiger partial charge >= 0.3 is 0 Å². The van der Waals surface area contributed by atoms with Crippen LogP contribution >= 0.6 is 11.8 Å². The van der Waals surface area contributed by atoms with Crippen LogP contribution in [0.3, 0.4) is 0 Å². The number of hydrogen-bond acceptors (Lipinski definition) is 5. The van der Waals surface area contributed by atoms with E-state index in [-0.39, 0.29) is 5.82 Å². The van der Waals surface area contributed by atoms with Gasteiger partial charge in [0.25, 0.3) is 0 Å². The molecule has 0 saturated carbocycles. The molecule has 4 rings (SSSR count). The molecule has 0 aliphatic carbocycles. The molecule has 0 saturated heterocycles. The maximum absolute atomic E-state index is 14.5. The molecule has 0 bridgehead atoms. The molecule has 4 aromatic rings. The van der Waals surface area contributed by atoms with Crippen molar-refractivity contribution in [2.24, 2.45) is 0 Å². The summed E-state index contributed by atoms with van der Waals surface area (Å²) in [5, 5.41) is 18.1. The van der Waals surface area contributed by atoms with E-state index in [0.29, 0.717) is 28.0 Å². The van der Waals surface area contributed by atoms with Crippen LogP contribution in [0.25, 0.3) is 17.1 Å². The highest BCUT2D eigenvalue weighted by Gasteiger charge is 2.18. The summed E-state index contributed by atoms with van der Waals surface area (Å²) < 4.78 is 16.3. The Bertz CT molecular complexity index is 1130. The van der Waals surface area contributed by atoms with Crippen molar-refractivity contribution in [3.05, 3.63) is 90.0 Å². The lowest BCUT2D eigenvalue weighted by Gasteiger charge is -2.11. The standard InChI is InChI=1S/C21H14FN5S/c22-18-5-1-2-6-19(18)27-20(17-4-3-11-24-13-17)25-26-21(27)28-14-16-9-7-15(12-23)8-10-16/h1-11,13H,14H2. The first-order chi connectivity index (χ1) is 13.8. The molecule has 0 aliphatic rings. The summed E-state index contributed by atoms with van der Waals surface area (Å²) in [5.41, 5.74) is 2.79. The van der Waals surface area contributed by atoms with E-state index < -0.39 is 0 Å². The van der Waals surface area contributed by atoms with Crippen molar-refractivity contribution in [3.63, 3.8) is 0 Å². The fourth-order valence-electron chi connectivity index (χ4n) is 2.72. The number of benzene rings is 2. The summed E-state index contributed by atoms with van der Waals surface area (Å²) in [7, 11) is 0. The fourth-order valence-corrected chi connectivity index (χ4v) is 3.62. The van der Waals surface area contributed by atoms with Gasteiger partial charge in [0.15, 0.2) is 11.0 Å². The number of nitrogens with zero attached hydrogens (tertiary/aromatic N) is 5. The smallest absolute Gasteiger partial charge is 0.196 e. The first kappa shape index (κ1) is 17.9. The van der Waals surface area contributed by atoms with E-state index in [1.165, 1.54) is 17.8 Å². The monoisotopic (exact) mass is 387 g/mol. The second kappa shape index (κ2) is 8.03. The van der Waals surface area contributed by atoms with Crippen LogP contribution in [0.2, 0.25) is 0 Å². The van der Waals surface area contributed by atoms with Crippen LogP contribution in [0.4, 0.5) is 4.39 Å². The molecular weight excluding hydrogens is 373 g/mol. The van der Waals surface area contributed by atoms with Crippen molar-refractivity contribution < 1.29 is 4.39 Å². The number of para-hydroxylation sites is 1. The zero-order valence-corrected chi connectivity index (χ0v) is 15.5. The third kappa shape index (κ3) is 3.63. The average Bonchev–Trinajstić information content (AvgIpc) is 3.17. The van der Waals surface area contributed by atoms with Gasteiger partial charge in [-0.1, -0.05) is 36.0 Å². The molecule has 5 nitrogen and oxygen atoms in total. The van der Waals surface area contributed by atoms with E-state index in [1.807, 2.05) is 18.2 Å². The van der Waals surface area contributed by atoms with Crippen molar-refractivity contribution in [3.8, 4) is 23.1 Å². The van der Waals surface area contributed by atoms with Crippen LogP contribution in [-0.4, -0.2) is 19.7 Å². The average molecular weight is 387 g/mol. The highest BCUT2D eigenvalue weighted by Crippen LogP contribution is 2.30. The zero-order chi connectivity index (χ0) is 19.3. The molecule has 28 heavy (non-hydrogen) atoms. The molecule has 0 fully saturated rings. The maximum Gasteiger partial charge on any atom is 0.196 e. The van der Waals surface area contributed by atoms with E-state index in [9.17, 15) is 4.39 Å². The van der Waals surface area contributed by atoms with Crippen molar-refractivity contribution >= 4 is 11.8 Å². The summed E-state index contributed by atoms with van der Waals surface area (Å²) in [5.74, 6) is 0.791. The van der Waals surface area contributed by atoms with Crippen LogP contribution in [0.1, 0.15) is 11.1 Å². The Kier molecular flexibility index (Phi) is 5.13. The highest BCUT2D eigenvalue weighted by molar-refractivity contribution is 7.98. The van der Waals surface area contributed by atoms with Crippen molar-refractivity contribution in [1.29, 1.82) is 5.26 Å². The fraction of sp³-hybridized carbons (Fsp3) is 0.0476. The van der Waals surface area contributed by atoms with Gasteiger partial charge < -0.3 is 0 Å². The van der Waals surface area contributed by atoms with E-state index in [4.69, 9.17) is 5.26 Å². The number of aromatic nitrogens is 4. The molecule has 136 valence electrons. The number of thioether (sulfide) groups is 1. The number of rotatable bonds is 5. The lowest BCUT2D eigenvalue weighted by atomic mass is 10.2. The van der Waals surface area contributed by atoms with Gasteiger partial charge in [-0.2, -0.15) is 5.26 Å². The van der Waals surface area contributed by atoms with Gasteiger partial charge in [-0.15, -0.1) is 10.2 Å². The molecule has 0 spiro atoms. The van der Waals surface area contributed by atoms with Crippen LogP contribution in [0, 0.1) is 17.1 Å². The number of halogens is 1. The van der Waals surface area contributed by atoms with Gasteiger partial charge in [0.2, 0.25) is 0 Å². The maximum atomic E-state index is 14.5. The summed E-state index contributed by atoms with van der Waals surface area (Å²) >= 11 is 1.45. The summed E-state index contributed by atoms with van der Waals surface area (Å²) in [4.78, 5) is 4.13. The van der Waals surface area contributed by atoms with Gasteiger partial charge in [-0.3, -0.25) is 9.55 Å². The molecular formula is C21H14FN5S. The van der Waals surface area contributed by atoms with Crippen molar-refractivity contribution in [2.45, 2.75) is 10.9 Å². The van der Waals surface area contributed by atoms with Gasteiger partial charge in [-0.25, -0.2) is 4.39 Å². The van der Waals surface area contributed by atoms with Crippen molar-refractivity contribution in [1.82, 2.24) is 19.7 Å². The molecule has 0 amide bonds. The van der Waals surface area contributed by atoms with E-state index >= 15 is 0 Å². The van der Waals surface area contributed by atoms with Gasteiger partial charge in [-0.05, 0) is 42.0 Å². The quantitative estimate of drug-likeness (QED) is 0.467. The Hall–Kier alpha value is -3.50. The summed E-state index contributed by atoms with van der Waals surface area (Å²) in [6.45, 7) is 0. The van der Waals surface area contributed by atoms with Gasteiger partial charge in [0, 0.05) is 23.7 Å². The van der Waals surface area contributed by atoms with Gasteiger partial charge in [0.05, 0.1) is 17.3 Å². The van der Waals surface area contributed by atoms with E-state index in [1.54, 1.807) is 53.4 Å². The lowest BCUT2D eigenvalue weighted by Crippen LogP contribution is -2.02. The molecule has 2 aromatic heterocycles. The number of pyridine rings is 1. The first-order valence-corrected chi connectivity index (χ1v) is 9.47. The molecule has 7 heteroatoms. The van der Waals surface area contributed by atoms with Gasteiger partial charge in [0.1, 0.15) is 5.82 Å². The minimum atomic E-state index is -0.354. The zero-order valence-electron chi connectivity index (χ0n) is 14.7. The Labute approximate surface area is 165 Å². The molecule has 2 aromatic carbocycles. The Morgan fingerprint density at radius 3 is 2.54 bits per heavy atom. The second-order valence-electron chi connectivity index (χ2n) is 5.93. The first-order valence-electron chi connectivity index (χ1n) is 8.49. The largest absolute Gasteiger partial charge is 0.267 e. The topological polar surface area (TPSA) is 67.4 Å². The molecule has 0 N–H and O–H groups in total. The Balaban J connectivity index is 1.72.